The highest BCUT2D eigenvalue weighted by Gasteiger charge is 2.31. The number of hydrogen-bond donors (Lipinski definition) is 3. The number of aromatic amines is 1. The second-order valence-electron chi connectivity index (χ2n) is 7.98. The smallest absolute Gasteiger partial charge is 0.307 e. The van der Waals surface area contributed by atoms with Crippen molar-refractivity contribution in [2.75, 3.05) is 39.6 Å². The van der Waals surface area contributed by atoms with Crippen LogP contribution in [0.25, 0.3) is 0 Å². The molecule has 3 rings (SSSR count). The lowest BCUT2D eigenvalue weighted by atomic mass is 10.0. The summed E-state index contributed by atoms with van der Waals surface area (Å²) in [5, 5.41) is 2.94. The predicted molar refractivity (Wildman–Crippen MR) is 127 cm³/mol. The Hall–Kier alpha value is -3.08. The molecule has 1 aromatic carbocycles. The second kappa shape index (κ2) is 11.9. The number of nitrogen functional groups attached to an aromatic ring is 1. The highest BCUT2D eigenvalue weighted by molar-refractivity contribution is 6.33. The Morgan fingerprint density at radius 1 is 1.26 bits per heavy atom. The Bertz CT molecular complexity index is 1060. The van der Waals surface area contributed by atoms with E-state index in [1.165, 1.54) is 6.07 Å². The van der Waals surface area contributed by atoms with E-state index in [0.29, 0.717) is 26.1 Å². The average Bonchev–Trinajstić information content (AvgIpc) is 2.84. The molecule has 0 aliphatic carbocycles. The van der Waals surface area contributed by atoms with Crippen molar-refractivity contribution in [2.24, 2.45) is 0 Å². The van der Waals surface area contributed by atoms with Crippen LogP contribution in [0.2, 0.25) is 5.02 Å². The van der Waals surface area contributed by atoms with Gasteiger partial charge >= 0.3 is 5.97 Å². The number of halogens is 1. The number of nitrogens with one attached hydrogen (secondary N) is 2. The van der Waals surface area contributed by atoms with Gasteiger partial charge in [-0.2, -0.15) is 0 Å². The van der Waals surface area contributed by atoms with Crippen molar-refractivity contribution in [1.82, 2.24) is 15.2 Å². The quantitative estimate of drug-likeness (QED) is 0.449. The van der Waals surface area contributed by atoms with Gasteiger partial charge in [-0.15, -0.1) is 0 Å². The minimum Gasteiger partial charge on any atom is -0.497 e. The molecule has 1 amide bonds. The average molecular weight is 493 g/mol. The molecule has 4 N–H and O–H groups in total. The third-order valence-corrected chi connectivity index (χ3v) is 6.03. The van der Waals surface area contributed by atoms with Gasteiger partial charge in [-0.25, -0.2) is 0 Å². The minimum absolute atomic E-state index is 0.00817. The fourth-order valence-electron chi connectivity index (χ4n) is 3.73. The number of amides is 1. The zero-order valence-electron chi connectivity index (χ0n) is 19.1. The Balaban J connectivity index is 1.46. The third-order valence-electron chi connectivity index (χ3n) is 5.72. The molecular formula is C23H29ClN4O6. The maximum Gasteiger partial charge on any atom is 0.307 e. The molecule has 11 heteroatoms. The number of anilines is 1. The van der Waals surface area contributed by atoms with Crippen LogP contribution < -0.4 is 21.3 Å². The van der Waals surface area contributed by atoms with E-state index in [2.05, 4.69) is 15.2 Å². The van der Waals surface area contributed by atoms with E-state index >= 15 is 0 Å². The lowest BCUT2D eigenvalue weighted by Crippen LogP contribution is -2.55. The fourth-order valence-corrected chi connectivity index (χ4v) is 3.89. The Morgan fingerprint density at radius 2 is 2.00 bits per heavy atom. The van der Waals surface area contributed by atoms with E-state index < -0.39 is 11.5 Å². The fraction of sp³-hybridized carbons (Fsp3) is 0.435. The summed E-state index contributed by atoms with van der Waals surface area (Å²) in [6, 6.07) is 8.27. The van der Waals surface area contributed by atoms with E-state index in [1.54, 1.807) is 14.2 Å². The van der Waals surface area contributed by atoms with Crippen molar-refractivity contribution >= 4 is 29.3 Å². The van der Waals surface area contributed by atoms with Gasteiger partial charge in [-0.1, -0.05) is 23.7 Å². The highest BCUT2D eigenvalue weighted by Crippen LogP contribution is 2.17. The van der Waals surface area contributed by atoms with Crippen molar-refractivity contribution in [3.8, 4) is 5.75 Å². The zero-order valence-corrected chi connectivity index (χ0v) is 19.9. The first-order valence-electron chi connectivity index (χ1n) is 10.8. The number of nitrogens with two attached hydrogens (primary N) is 1. The first-order chi connectivity index (χ1) is 16.3. The van der Waals surface area contributed by atoms with Crippen molar-refractivity contribution in [1.29, 1.82) is 0 Å². The Kier molecular flexibility index (Phi) is 8.91. The van der Waals surface area contributed by atoms with Gasteiger partial charge in [0.25, 0.3) is 11.5 Å². The van der Waals surface area contributed by atoms with Gasteiger partial charge in [-0.3, -0.25) is 14.4 Å². The monoisotopic (exact) mass is 492 g/mol. The SMILES string of the molecule is COc1ccc(COC(=O)CCN2CC[C@H](NC(=O)c3cc(Cl)c(N)[nH]c3=O)[C@H](OC)C2)cc1. The summed E-state index contributed by atoms with van der Waals surface area (Å²) < 4.78 is 16.0. The van der Waals surface area contributed by atoms with Crippen molar-refractivity contribution in [2.45, 2.75) is 31.6 Å². The van der Waals surface area contributed by atoms with Gasteiger partial charge < -0.3 is 35.1 Å². The zero-order chi connectivity index (χ0) is 24.7. The summed E-state index contributed by atoms with van der Waals surface area (Å²) in [6.07, 6.45) is 0.519. The van der Waals surface area contributed by atoms with Gasteiger partial charge in [-0.05, 0) is 30.2 Å². The van der Waals surface area contributed by atoms with Crippen LogP contribution in [0.3, 0.4) is 0 Å². The number of H-pyrrole nitrogens is 1. The van der Waals surface area contributed by atoms with Gasteiger partial charge in [0, 0.05) is 26.7 Å². The molecule has 1 aliphatic heterocycles. The molecule has 0 unspecified atom stereocenters. The van der Waals surface area contributed by atoms with Gasteiger partial charge in [0.1, 0.15) is 23.7 Å². The number of esters is 1. The molecule has 2 atom stereocenters. The summed E-state index contributed by atoms with van der Waals surface area (Å²) in [5.41, 5.74) is 5.71. The summed E-state index contributed by atoms with van der Waals surface area (Å²) in [5.74, 6) is -0.0920. The topological polar surface area (TPSA) is 136 Å². The van der Waals surface area contributed by atoms with E-state index in [4.69, 9.17) is 31.5 Å². The van der Waals surface area contributed by atoms with Gasteiger partial charge in [0.15, 0.2) is 0 Å². The van der Waals surface area contributed by atoms with E-state index in [9.17, 15) is 14.4 Å². The molecule has 1 aliphatic rings. The van der Waals surface area contributed by atoms with E-state index in [1.807, 2.05) is 24.3 Å². The number of pyridine rings is 1. The summed E-state index contributed by atoms with van der Waals surface area (Å²) in [7, 11) is 3.15. The van der Waals surface area contributed by atoms with Crippen LogP contribution in [0.1, 0.15) is 28.8 Å². The normalized spacial score (nSPS) is 18.3. The molecule has 1 fully saturated rings. The highest BCUT2D eigenvalue weighted by atomic mass is 35.5. The largest absolute Gasteiger partial charge is 0.497 e. The number of aromatic nitrogens is 1. The molecule has 2 aromatic rings. The number of piperidine rings is 1. The van der Waals surface area contributed by atoms with Crippen LogP contribution in [-0.2, 0) is 20.9 Å². The maximum absolute atomic E-state index is 12.6. The molecule has 1 saturated heterocycles. The van der Waals surface area contributed by atoms with E-state index in [-0.39, 0.29) is 47.5 Å². The Labute approximate surface area is 202 Å². The van der Waals surface area contributed by atoms with Crippen LogP contribution in [0.5, 0.6) is 5.75 Å². The van der Waals surface area contributed by atoms with Crippen molar-refractivity contribution < 1.29 is 23.8 Å². The molecule has 10 nitrogen and oxygen atoms in total. The number of likely N-dealkylation sites (tertiary alicyclic amines) is 1. The number of carbonyl (C=O) groups excluding carboxylic acids is 2. The third kappa shape index (κ3) is 6.72. The maximum atomic E-state index is 12.6. The minimum atomic E-state index is -0.612. The number of nitrogens with zero attached hydrogens (tertiary/aromatic N) is 1. The lowest BCUT2D eigenvalue weighted by Gasteiger charge is -2.37. The van der Waals surface area contributed by atoms with Gasteiger partial charge in [0.2, 0.25) is 0 Å². The van der Waals surface area contributed by atoms with Crippen LogP contribution in [0, 0.1) is 0 Å². The molecule has 0 bridgehead atoms. The molecule has 0 spiro atoms. The van der Waals surface area contributed by atoms with Gasteiger partial charge in [0.05, 0.1) is 30.7 Å². The number of ether oxygens (including phenoxy) is 3. The molecule has 34 heavy (non-hydrogen) atoms. The number of carbonyl (C=O) groups is 2. The standard InChI is InChI=1S/C23H29ClN4O6/c1-32-15-5-3-14(4-6-15)13-34-20(29)8-10-28-9-7-18(19(12-28)33-2)26-22(30)16-11-17(24)21(25)27-23(16)31/h3-6,11,18-19H,7-10,12-13H2,1-2H3,(H,26,30)(H3,25,27,31)/t18-,19+/m0/s1. The summed E-state index contributed by atoms with van der Waals surface area (Å²) in [6.45, 7) is 1.88. The van der Waals surface area contributed by atoms with Crippen molar-refractivity contribution in [3.63, 3.8) is 0 Å². The second-order valence-corrected chi connectivity index (χ2v) is 8.38. The van der Waals surface area contributed by atoms with E-state index in [0.717, 1.165) is 11.3 Å². The summed E-state index contributed by atoms with van der Waals surface area (Å²) >= 11 is 5.93. The molecular weight excluding hydrogens is 464 g/mol. The van der Waals surface area contributed by atoms with Crippen LogP contribution in [-0.4, -0.2) is 67.8 Å². The van der Waals surface area contributed by atoms with Crippen LogP contribution in [0.4, 0.5) is 5.82 Å². The van der Waals surface area contributed by atoms with Crippen molar-refractivity contribution in [3.05, 3.63) is 56.8 Å². The number of methoxy groups -OCH3 is 2. The number of hydrogen-bond acceptors (Lipinski definition) is 8. The molecule has 0 saturated carbocycles. The van der Waals surface area contributed by atoms with Crippen LogP contribution >= 0.6 is 11.6 Å². The van der Waals surface area contributed by atoms with Crippen LogP contribution in [0.15, 0.2) is 35.1 Å². The number of benzene rings is 1. The summed E-state index contributed by atoms with van der Waals surface area (Å²) in [4.78, 5) is 41.3. The first kappa shape index (κ1) is 25.5. The number of rotatable bonds is 9. The predicted octanol–water partition coefficient (Wildman–Crippen LogP) is 1.57. The Morgan fingerprint density at radius 3 is 2.68 bits per heavy atom. The molecule has 1 aromatic heterocycles. The molecule has 2 heterocycles. The first-order valence-corrected chi connectivity index (χ1v) is 11.2. The lowest BCUT2D eigenvalue weighted by molar-refractivity contribution is -0.145. The molecule has 0 radical (unpaired) electrons. The molecule has 184 valence electrons.